The maximum absolute atomic E-state index is 13.0. The molecule has 0 saturated carbocycles. The number of aliphatic hydroxyl groups excluding tert-OH is 1. The first-order valence-electron chi connectivity index (χ1n) is 10.6. The number of hydrogen-bond donors (Lipinski definition) is 4. The summed E-state index contributed by atoms with van der Waals surface area (Å²) < 4.78 is 5.21. The second-order valence-corrected chi connectivity index (χ2v) is 7.67. The van der Waals surface area contributed by atoms with Crippen LogP contribution in [0.1, 0.15) is 40.0 Å². The summed E-state index contributed by atoms with van der Waals surface area (Å²) >= 11 is 0. The number of nitrogens with one attached hydrogen (secondary N) is 2. The van der Waals surface area contributed by atoms with Crippen molar-refractivity contribution in [2.24, 2.45) is 0 Å². The van der Waals surface area contributed by atoms with Gasteiger partial charge in [-0.1, -0.05) is 49.4 Å². The van der Waals surface area contributed by atoms with E-state index in [1.165, 1.54) is 19.2 Å². The predicted octanol–water partition coefficient (Wildman–Crippen LogP) is 3.74. The Labute approximate surface area is 193 Å². The van der Waals surface area contributed by atoms with Crippen molar-refractivity contribution < 1.29 is 24.5 Å². The third kappa shape index (κ3) is 5.70. The average Bonchev–Trinajstić information content (AvgIpc) is 2.84. The van der Waals surface area contributed by atoms with Crippen LogP contribution < -0.4 is 15.4 Å². The lowest BCUT2D eigenvalue weighted by Crippen LogP contribution is -2.42. The molecule has 0 radical (unpaired) electrons. The number of anilines is 1. The third-order valence-corrected chi connectivity index (χ3v) is 5.48. The van der Waals surface area contributed by atoms with Crippen LogP contribution in [0, 0.1) is 6.92 Å². The quantitative estimate of drug-likeness (QED) is 0.420. The van der Waals surface area contributed by atoms with Crippen LogP contribution in [-0.4, -0.2) is 35.2 Å². The fourth-order valence-corrected chi connectivity index (χ4v) is 3.49. The number of aromatic hydroxyl groups is 1. The van der Waals surface area contributed by atoms with E-state index in [9.17, 15) is 19.8 Å². The first-order chi connectivity index (χ1) is 15.8. The second kappa shape index (κ2) is 10.7. The van der Waals surface area contributed by atoms with Crippen molar-refractivity contribution in [2.75, 3.05) is 12.4 Å². The van der Waals surface area contributed by atoms with Crippen molar-refractivity contribution in [1.29, 1.82) is 0 Å². The van der Waals surface area contributed by atoms with Gasteiger partial charge in [-0.2, -0.15) is 0 Å². The summed E-state index contributed by atoms with van der Waals surface area (Å²) in [6.45, 7) is 3.75. The summed E-state index contributed by atoms with van der Waals surface area (Å²) in [5.41, 5.74) is 2.98. The molecule has 0 spiro atoms. The Bertz CT molecular complexity index is 1110. The summed E-state index contributed by atoms with van der Waals surface area (Å²) in [6, 6.07) is 17.8. The first-order valence-corrected chi connectivity index (χ1v) is 10.6. The zero-order chi connectivity index (χ0) is 24.0. The van der Waals surface area contributed by atoms with Crippen LogP contribution in [0.3, 0.4) is 0 Å². The van der Waals surface area contributed by atoms with E-state index in [-0.39, 0.29) is 5.75 Å². The van der Waals surface area contributed by atoms with Gasteiger partial charge in [-0.25, -0.2) is 0 Å². The number of phenols is 1. The Morgan fingerprint density at radius 2 is 1.70 bits per heavy atom. The molecule has 0 aliphatic carbocycles. The maximum Gasteiger partial charge on any atom is 0.255 e. The molecule has 0 heterocycles. The Kier molecular flexibility index (Phi) is 7.69. The molecule has 0 saturated heterocycles. The van der Waals surface area contributed by atoms with E-state index >= 15 is 0 Å². The van der Waals surface area contributed by atoms with Gasteiger partial charge in [0.05, 0.1) is 18.8 Å². The van der Waals surface area contributed by atoms with E-state index in [0.29, 0.717) is 28.1 Å². The van der Waals surface area contributed by atoms with Gasteiger partial charge < -0.3 is 25.6 Å². The highest BCUT2D eigenvalue weighted by atomic mass is 16.5. The molecule has 0 aromatic heterocycles. The Morgan fingerprint density at radius 1 is 1.03 bits per heavy atom. The molecule has 0 unspecified atom stereocenters. The fourth-order valence-electron chi connectivity index (χ4n) is 3.49. The standard InChI is InChI=1S/C26H28N2O5/c1-4-17-10-12-19(13-11-17)25(31)28-23(18-8-6-5-7-9-18)24(30)26(32)27-21-14-20(29)15-22(33-3)16(21)2/h5-15,23-24,29-30H,4H2,1-3H3,(H,27,32)(H,28,31)/t23-,24+/m0/s1. The number of hydrogen-bond acceptors (Lipinski definition) is 5. The Hall–Kier alpha value is -3.84. The maximum atomic E-state index is 13.0. The SMILES string of the molecule is CCc1ccc(C(=O)N[C@@H](c2ccccc2)[C@@H](O)C(=O)Nc2cc(O)cc(OC)c2C)cc1. The van der Waals surface area contributed by atoms with Gasteiger partial charge in [0.15, 0.2) is 6.10 Å². The monoisotopic (exact) mass is 448 g/mol. The lowest BCUT2D eigenvalue weighted by Gasteiger charge is -2.24. The van der Waals surface area contributed by atoms with E-state index in [1.54, 1.807) is 49.4 Å². The van der Waals surface area contributed by atoms with E-state index in [1.807, 2.05) is 19.1 Å². The van der Waals surface area contributed by atoms with Gasteiger partial charge >= 0.3 is 0 Å². The summed E-state index contributed by atoms with van der Waals surface area (Å²) in [5, 5.41) is 26.3. The summed E-state index contributed by atoms with van der Waals surface area (Å²) in [4.78, 5) is 25.8. The van der Waals surface area contributed by atoms with Crippen molar-refractivity contribution in [1.82, 2.24) is 5.32 Å². The van der Waals surface area contributed by atoms with Crippen molar-refractivity contribution in [3.8, 4) is 11.5 Å². The number of carbonyl (C=O) groups is 2. The van der Waals surface area contributed by atoms with Crippen molar-refractivity contribution >= 4 is 17.5 Å². The van der Waals surface area contributed by atoms with E-state index in [0.717, 1.165) is 12.0 Å². The molecule has 3 aromatic rings. The lowest BCUT2D eigenvalue weighted by molar-refractivity contribution is -0.125. The number of carbonyl (C=O) groups excluding carboxylic acids is 2. The van der Waals surface area contributed by atoms with Crippen LogP contribution in [0.15, 0.2) is 66.7 Å². The minimum Gasteiger partial charge on any atom is -0.508 e. The lowest BCUT2D eigenvalue weighted by atomic mass is 9.99. The number of amides is 2. The van der Waals surface area contributed by atoms with Gasteiger partial charge in [0.2, 0.25) is 0 Å². The molecule has 7 heteroatoms. The van der Waals surface area contributed by atoms with Crippen molar-refractivity contribution in [3.63, 3.8) is 0 Å². The first kappa shape index (κ1) is 23.8. The number of methoxy groups -OCH3 is 1. The van der Waals surface area contributed by atoms with Crippen LogP contribution in [0.4, 0.5) is 5.69 Å². The van der Waals surface area contributed by atoms with Gasteiger partial charge in [-0.3, -0.25) is 9.59 Å². The average molecular weight is 449 g/mol. The number of ether oxygens (including phenoxy) is 1. The van der Waals surface area contributed by atoms with Gasteiger partial charge in [0.1, 0.15) is 11.5 Å². The third-order valence-electron chi connectivity index (χ3n) is 5.48. The fraction of sp³-hybridized carbons (Fsp3) is 0.231. The van der Waals surface area contributed by atoms with Gasteiger partial charge in [0.25, 0.3) is 11.8 Å². The molecule has 4 N–H and O–H groups in total. The molecule has 0 bridgehead atoms. The second-order valence-electron chi connectivity index (χ2n) is 7.67. The number of benzene rings is 3. The number of aliphatic hydroxyl groups is 1. The summed E-state index contributed by atoms with van der Waals surface area (Å²) in [6.07, 6.45) is -0.744. The van der Waals surface area contributed by atoms with Gasteiger partial charge in [0, 0.05) is 23.3 Å². The zero-order valence-electron chi connectivity index (χ0n) is 18.8. The summed E-state index contributed by atoms with van der Waals surface area (Å²) in [7, 11) is 1.45. The molecule has 0 fully saturated rings. The number of rotatable bonds is 8. The molecule has 33 heavy (non-hydrogen) atoms. The zero-order valence-corrected chi connectivity index (χ0v) is 18.8. The topological polar surface area (TPSA) is 108 Å². The van der Waals surface area contributed by atoms with Crippen LogP contribution in [0.5, 0.6) is 11.5 Å². The molecule has 2 amide bonds. The molecule has 7 nitrogen and oxygen atoms in total. The molecule has 0 aliphatic heterocycles. The molecule has 3 aromatic carbocycles. The van der Waals surface area contributed by atoms with Crippen LogP contribution >= 0.6 is 0 Å². The molecule has 3 rings (SSSR count). The molecular weight excluding hydrogens is 420 g/mol. The largest absolute Gasteiger partial charge is 0.508 e. The van der Waals surface area contributed by atoms with Crippen molar-refractivity contribution in [3.05, 3.63) is 89.0 Å². The smallest absolute Gasteiger partial charge is 0.255 e. The Morgan fingerprint density at radius 3 is 2.30 bits per heavy atom. The van der Waals surface area contributed by atoms with Crippen LogP contribution in [-0.2, 0) is 11.2 Å². The van der Waals surface area contributed by atoms with E-state index in [2.05, 4.69) is 10.6 Å². The van der Waals surface area contributed by atoms with Crippen LogP contribution in [0.2, 0.25) is 0 Å². The molecular formula is C26H28N2O5. The number of aryl methyl sites for hydroxylation is 1. The van der Waals surface area contributed by atoms with E-state index in [4.69, 9.17) is 4.74 Å². The number of phenolic OH excluding ortho intramolecular Hbond substituents is 1. The Balaban J connectivity index is 1.85. The van der Waals surface area contributed by atoms with E-state index < -0.39 is 24.0 Å². The molecule has 0 aliphatic rings. The van der Waals surface area contributed by atoms with Crippen LogP contribution in [0.25, 0.3) is 0 Å². The summed E-state index contributed by atoms with van der Waals surface area (Å²) in [5.74, 6) is -0.844. The van der Waals surface area contributed by atoms with Gasteiger partial charge in [-0.15, -0.1) is 0 Å². The molecule has 2 atom stereocenters. The highest BCUT2D eigenvalue weighted by Gasteiger charge is 2.30. The highest BCUT2D eigenvalue weighted by Crippen LogP contribution is 2.31. The molecule has 172 valence electrons. The van der Waals surface area contributed by atoms with Crippen molar-refractivity contribution in [2.45, 2.75) is 32.4 Å². The highest BCUT2D eigenvalue weighted by molar-refractivity contribution is 5.98. The minimum absolute atomic E-state index is 0.0920. The minimum atomic E-state index is -1.60. The normalized spacial score (nSPS) is 12.5. The van der Waals surface area contributed by atoms with Gasteiger partial charge in [-0.05, 0) is 36.6 Å². The predicted molar refractivity (Wildman–Crippen MR) is 127 cm³/mol.